The first-order chi connectivity index (χ1) is 7.27. The third-order valence-electron chi connectivity index (χ3n) is 2.29. The molecule has 0 unspecified atom stereocenters. The molecule has 1 aromatic rings. The van der Waals surface area contributed by atoms with Gasteiger partial charge in [-0.2, -0.15) is 0 Å². The number of thiocarbonyl (C=S) groups is 1. The Morgan fingerprint density at radius 1 is 1.33 bits per heavy atom. The molecule has 82 valence electrons. The molecule has 1 rings (SSSR count). The maximum Gasteiger partial charge on any atom is 0.170 e. The zero-order chi connectivity index (χ0) is 11.1. The van der Waals surface area contributed by atoms with Crippen LogP contribution in [-0.2, 0) is 6.42 Å². The Kier molecular flexibility index (Phi) is 5.12. The highest BCUT2D eigenvalue weighted by atomic mass is 32.1. The van der Waals surface area contributed by atoms with E-state index in [1.807, 2.05) is 13.1 Å². The summed E-state index contributed by atoms with van der Waals surface area (Å²) in [6.07, 6.45) is 3.53. The molecule has 3 heteroatoms. The number of hydrogen-bond acceptors (Lipinski definition) is 1. The number of benzene rings is 1. The number of anilines is 1. The molecule has 2 N–H and O–H groups in total. The van der Waals surface area contributed by atoms with Gasteiger partial charge in [-0.1, -0.05) is 31.5 Å². The minimum atomic E-state index is 0.666. The molecule has 0 aromatic heterocycles. The molecule has 15 heavy (non-hydrogen) atoms. The molecule has 0 bridgehead atoms. The standard InChI is InChI=1S/C12H18N2S/c1-3-4-7-10-8-5-6-9-11(10)14-12(15)13-2/h5-6,8-9H,3-4,7H2,1-2H3,(H2,13,14,15). The van der Waals surface area contributed by atoms with Crippen LogP contribution >= 0.6 is 12.2 Å². The smallest absolute Gasteiger partial charge is 0.170 e. The molecular weight excluding hydrogens is 204 g/mol. The monoisotopic (exact) mass is 222 g/mol. The van der Waals surface area contributed by atoms with Crippen LogP contribution in [0.2, 0.25) is 0 Å². The molecule has 0 atom stereocenters. The summed E-state index contributed by atoms with van der Waals surface area (Å²) in [6, 6.07) is 8.31. The maximum absolute atomic E-state index is 5.09. The second kappa shape index (κ2) is 6.40. The third-order valence-corrected chi connectivity index (χ3v) is 2.60. The molecule has 0 spiro atoms. The molecule has 0 saturated carbocycles. The van der Waals surface area contributed by atoms with Crippen LogP contribution in [0.4, 0.5) is 5.69 Å². The Balaban J connectivity index is 2.72. The van der Waals surface area contributed by atoms with Crippen molar-refractivity contribution in [2.45, 2.75) is 26.2 Å². The summed E-state index contributed by atoms with van der Waals surface area (Å²) < 4.78 is 0. The number of para-hydroxylation sites is 1. The molecule has 1 aromatic carbocycles. The fourth-order valence-corrected chi connectivity index (χ4v) is 1.52. The molecule has 0 fully saturated rings. The quantitative estimate of drug-likeness (QED) is 0.766. The Bertz CT molecular complexity index is 323. The van der Waals surface area contributed by atoms with Crippen LogP contribution < -0.4 is 10.6 Å². The fraction of sp³-hybridized carbons (Fsp3) is 0.417. The van der Waals surface area contributed by atoms with E-state index in [0.29, 0.717) is 5.11 Å². The van der Waals surface area contributed by atoms with E-state index >= 15 is 0 Å². The van der Waals surface area contributed by atoms with Crippen LogP contribution in [0, 0.1) is 0 Å². The molecule has 2 nitrogen and oxygen atoms in total. The number of rotatable bonds is 4. The van der Waals surface area contributed by atoms with Gasteiger partial charge in [0, 0.05) is 12.7 Å². The molecule has 0 saturated heterocycles. The fourth-order valence-electron chi connectivity index (χ4n) is 1.41. The van der Waals surface area contributed by atoms with E-state index in [1.165, 1.54) is 18.4 Å². The van der Waals surface area contributed by atoms with Crippen molar-refractivity contribution in [2.24, 2.45) is 0 Å². The van der Waals surface area contributed by atoms with E-state index in [4.69, 9.17) is 12.2 Å². The van der Waals surface area contributed by atoms with E-state index < -0.39 is 0 Å². The van der Waals surface area contributed by atoms with Crippen molar-refractivity contribution in [1.29, 1.82) is 0 Å². The van der Waals surface area contributed by atoms with Crippen molar-refractivity contribution in [2.75, 3.05) is 12.4 Å². The molecule has 0 aliphatic heterocycles. The van der Waals surface area contributed by atoms with Crippen LogP contribution in [0.1, 0.15) is 25.3 Å². The van der Waals surface area contributed by atoms with Gasteiger partial charge in [-0.3, -0.25) is 0 Å². The SMILES string of the molecule is CCCCc1ccccc1NC(=S)NC. The Morgan fingerprint density at radius 3 is 2.73 bits per heavy atom. The van der Waals surface area contributed by atoms with Crippen LogP contribution in [0.25, 0.3) is 0 Å². The van der Waals surface area contributed by atoms with Crippen LogP contribution in [0.15, 0.2) is 24.3 Å². The molecule has 0 amide bonds. The zero-order valence-electron chi connectivity index (χ0n) is 9.34. The van der Waals surface area contributed by atoms with Crippen LogP contribution in [0.5, 0.6) is 0 Å². The summed E-state index contributed by atoms with van der Waals surface area (Å²) >= 11 is 5.09. The minimum Gasteiger partial charge on any atom is -0.366 e. The van der Waals surface area contributed by atoms with Gasteiger partial charge in [-0.05, 0) is 36.7 Å². The highest BCUT2D eigenvalue weighted by Gasteiger charge is 2.01. The van der Waals surface area contributed by atoms with E-state index in [-0.39, 0.29) is 0 Å². The number of aryl methyl sites for hydroxylation is 1. The van der Waals surface area contributed by atoms with Crippen molar-refractivity contribution in [3.8, 4) is 0 Å². The average Bonchev–Trinajstić information content (AvgIpc) is 2.28. The van der Waals surface area contributed by atoms with Crippen LogP contribution in [-0.4, -0.2) is 12.2 Å². The second-order valence-electron chi connectivity index (χ2n) is 3.46. The van der Waals surface area contributed by atoms with Gasteiger partial charge in [-0.25, -0.2) is 0 Å². The predicted molar refractivity (Wildman–Crippen MR) is 70.3 cm³/mol. The normalized spacial score (nSPS) is 9.73. The van der Waals surface area contributed by atoms with E-state index in [2.05, 4.69) is 35.8 Å². The summed E-state index contributed by atoms with van der Waals surface area (Å²) in [4.78, 5) is 0. The Morgan fingerprint density at radius 2 is 2.07 bits per heavy atom. The first-order valence-corrected chi connectivity index (χ1v) is 5.75. The maximum atomic E-state index is 5.09. The summed E-state index contributed by atoms with van der Waals surface area (Å²) in [6.45, 7) is 2.20. The van der Waals surface area contributed by atoms with Gasteiger partial charge in [0.15, 0.2) is 5.11 Å². The predicted octanol–water partition coefficient (Wildman–Crippen LogP) is 2.95. The van der Waals surface area contributed by atoms with Crippen molar-refractivity contribution in [1.82, 2.24) is 5.32 Å². The van der Waals surface area contributed by atoms with Crippen LogP contribution in [0.3, 0.4) is 0 Å². The summed E-state index contributed by atoms with van der Waals surface area (Å²) in [5.74, 6) is 0. The van der Waals surface area contributed by atoms with Gasteiger partial charge < -0.3 is 10.6 Å². The number of hydrogen-bond donors (Lipinski definition) is 2. The van der Waals surface area contributed by atoms with Crippen molar-refractivity contribution in [3.63, 3.8) is 0 Å². The lowest BCUT2D eigenvalue weighted by atomic mass is 10.1. The lowest BCUT2D eigenvalue weighted by Gasteiger charge is -2.11. The third kappa shape index (κ3) is 3.88. The van der Waals surface area contributed by atoms with Gasteiger partial charge in [0.05, 0.1) is 0 Å². The highest BCUT2D eigenvalue weighted by molar-refractivity contribution is 7.80. The first-order valence-electron chi connectivity index (χ1n) is 5.34. The molecular formula is C12H18N2S. The van der Waals surface area contributed by atoms with Gasteiger partial charge >= 0.3 is 0 Å². The average molecular weight is 222 g/mol. The second-order valence-corrected chi connectivity index (χ2v) is 3.87. The van der Waals surface area contributed by atoms with Gasteiger partial charge in [0.1, 0.15) is 0 Å². The topological polar surface area (TPSA) is 24.1 Å². The Hall–Kier alpha value is -1.09. The number of unbranched alkanes of at least 4 members (excludes halogenated alkanes) is 1. The largest absolute Gasteiger partial charge is 0.366 e. The van der Waals surface area contributed by atoms with Crippen molar-refractivity contribution < 1.29 is 0 Å². The molecule has 0 aliphatic rings. The summed E-state index contributed by atoms with van der Waals surface area (Å²) in [7, 11) is 1.82. The molecule has 0 heterocycles. The van der Waals surface area contributed by atoms with Crippen molar-refractivity contribution >= 4 is 23.0 Å². The summed E-state index contributed by atoms with van der Waals surface area (Å²) in [5, 5.41) is 6.77. The van der Waals surface area contributed by atoms with E-state index in [1.54, 1.807) is 0 Å². The lowest BCUT2D eigenvalue weighted by Crippen LogP contribution is -2.24. The van der Waals surface area contributed by atoms with E-state index in [0.717, 1.165) is 12.1 Å². The first kappa shape index (κ1) is 12.0. The molecule has 0 radical (unpaired) electrons. The number of nitrogens with one attached hydrogen (secondary N) is 2. The van der Waals surface area contributed by atoms with E-state index in [9.17, 15) is 0 Å². The van der Waals surface area contributed by atoms with Gasteiger partial charge in [0.25, 0.3) is 0 Å². The molecule has 0 aliphatic carbocycles. The summed E-state index contributed by atoms with van der Waals surface area (Å²) in [5.41, 5.74) is 2.45. The van der Waals surface area contributed by atoms with Gasteiger partial charge in [0.2, 0.25) is 0 Å². The zero-order valence-corrected chi connectivity index (χ0v) is 10.2. The lowest BCUT2D eigenvalue weighted by molar-refractivity contribution is 0.796. The minimum absolute atomic E-state index is 0.666. The van der Waals surface area contributed by atoms with Crippen molar-refractivity contribution in [3.05, 3.63) is 29.8 Å². The van der Waals surface area contributed by atoms with Gasteiger partial charge in [-0.15, -0.1) is 0 Å². The highest BCUT2D eigenvalue weighted by Crippen LogP contribution is 2.17. The Labute approximate surface area is 97.1 Å².